The van der Waals surface area contributed by atoms with Gasteiger partial charge in [-0.1, -0.05) is 30.3 Å². The molecule has 0 saturated carbocycles. The van der Waals surface area contributed by atoms with E-state index in [0.717, 1.165) is 5.56 Å². The summed E-state index contributed by atoms with van der Waals surface area (Å²) < 4.78 is 0. The fraction of sp³-hybridized carbons (Fsp3) is 0.154. The summed E-state index contributed by atoms with van der Waals surface area (Å²) >= 11 is 1.22. The second kappa shape index (κ2) is 6.10. The Balaban J connectivity index is 1.92. The van der Waals surface area contributed by atoms with Gasteiger partial charge in [0.2, 0.25) is 5.91 Å². The lowest BCUT2D eigenvalue weighted by Gasteiger charge is -2.01. The molecule has 1 aromatic carbocycles. The minimum atomic E-state index is -0.934. The summed E-state index contributed by atoms with van der Waals surface area (Å²) in [6, 6.07) is 9.37. The molecular formula is C13H12N2O3S. The van der Waals surface area contributed by atoms with Crippen molar-refractivity contribution in [3.8, 4) is 0 Å². The zero-order chi connectivity index (χ0) is 13.7. The van der Waals surface area contributed by atoms with Gasteiger partial charge in [-0.3, -0.25) is 9.59 Å². The molecule has 19 heavy (non-hydrogen) atoms. The molecule has 0 aliphatic rings. The standard InChI is InChI=1S/C13H12N2O3S/c16-11(6-9-4-2-1-3-5-9)14-10-8-19-12(15-10)7-13(17)18/h1-5,8H,6-7H2,(H,14,16)(H,17,18). The monoisotopic (exact) mass is 276 g/mol. The number of carbonyl (C=O) groups is 2. The highest BCUT2D eigenvalue weighted by atomic mass is 32.1. The highest BCUT2D eigenvalue weighted by molar-refractivity contribution is 7.10. The van der Waals surface area contributed by atoms with E-state index >= 15 is 0 Å². The normalized spacial score (nSPS) is 10.1. The van der Waals surface area contributed by atoms with Crippen molar-refractivity contribution in [2.24, 2.45) is 0 Å². The third-order valence-corrected chi connectivity index (χ3v) is 3.18. The molecule has 0 atom stereocenters. The Morgan fingerprint density at radius 1 is 1.21 bits per heavy atom. The molecule has 2 aromatic rings. The van der Waals surface area contributed by atoms with Gasteiger partial charge in [0.15, 0.2) is 0 Å². The van der Waals surface area contributed by atoms with Gasteiger partial charge in [-0.05, 0) is 5.56 Å². The lowest BCUT2D eigenvalue weighted by atomic mass is 10.1. The van der Waals surface area contributed by atoms with E-state index in [-0.39, 0.29) is 18.7 Å². The summed E-state index contributed by atoms with van der Waals surface area (Å²) in [4.78, 5) is 26.3. The number of aromatic nitrogens is 1. The number of amides is 1. The minimum Gasteiger partial charge on any atom is -0.481 e. The fourth-order valence-corrected chi connectivity index (χ4v) is 2.26. The van der Waals surface area contributed by atoms with Crippen molar-refractivity contribution < 1.29 is 14.7 Å². The van der Waals surface area contributed by atoms with Crippen LogP contribution in [0.25, 0.3) is 0 Å². The number of hydrogen-bond donors (Lipinski definition) is 2. The number of thiazole rings is 1. The maximum atomic E-state index is 11.8. The average Bonchev–Trinajstić information content (AvgIpc) is 2.76. The molecule has 5 nitrogen and oxygen atoms in total. The quantitative estimate of drug-likeness (QED) is 0.874. The van der Waals surface area contributed by atoms with Gasteiger partial charge in [-0.25, -0.2) is 4.98 Å². The van der Waals surface area contributed by atoms with Gasteiger partial charge in [-0.2, -0.15) is 0 Å². The Bertz CT molecular complexity index is 581. The van der Waals surface area contributed by atoms with Crippen LogP contribution in [0, 0.1) is 0 Å². The van der Waals surface area contributed by atoms with Crippen LogP contribution in [-0.2, 0) is 22.4 Å². The van der Waals surface area contributed by atoms with Crippen LogP contribution in [-0.4, -0.2) is 22.0 Å². The summed E-state index contributed by atoms with van der Waals surface area (Å²) in [5.74, 6) is -0.697. The van der Waals surface area contributed by atoms with E-state index < -0.39 is 5.97 Å². The number of anilines is 1. The van der Waals surface area contributed by atoms with Crippen molar-refractivity contribution in [3.63, 3.8) is 0 Å². The average molecular weight is 276 g/mol. The van der Waals surface area contributed by atoms with Crippen LogP contribution in [0.3, 0.4) is 0 Å². The Morgan fingerprint density at radius 3 is 2.63 bits per heavy atom. The first-order valence-corrected chi connectivity index (χ1v) is 6.51. The molecule has 0 fully saturated rings. The van der Waals surface area contributed by atoms with Crippen molar-refractivity contribution in [3.05, 3.63) is 46.3 Å². The lowest BCUT2D eigenvalue weighted by Crippen LogP contribution is -2.14. The molecule has 6 heteroatoms. The van der Waals surface area contributed by atoms with E-state index in [9.17, 15) is 9.59 Å². The predicted octanol–water partition coefficient (Wildman–Crippen LogP) is 1.95. The van der Waals surface area contributed by atoms with Crippen molar-refractivity contribution >= 4 is 29.0 Å². The van der Waals surface area contributed by atoms with E-state index in [0.29, 0.717) is 10.8 Å². The SMILES string of the molecule is O=C(O)Cc1nc(NC(=O)Cc2ccccc2)cs1. The number of nitrogens with zero attached hydrogens (tertiary/aromatic N) is 1. The molecule has 98 valence electrons. The number of carboxylic acid groups (broad SMARTS) is 1. The molecule has 0 unspecified atom stereocenters. The van der Waals surface area contributed by atoms with Crippen molar-refractivity contribution in [2.45, 2.75) is 12.8 Å². The Morgan fingerprint density at radius 2 is 1.95 bits per heavy atom. The first-order chi connectivity index (χ1) is 9.13. The van der Waals surface area contributed by atoms with E-state index in [1.54, 1.807) is 5.38 Å². The molecule has 2 N–H and O–H groups in total. The van der Waals surface area contributed by atoms with Crippen LogP contribution < -0.4 is 5.32 Å². The third kappa shape index (κ3) is 4.18. The van der Waals surface area contributed by atoms with Gasteiger partial charge < -0.3 is 10.4 Å². The molecule has 0 aliphatic carbocycles. The number of nitrogens with one attached hydrogen (secondary N) is 1. The second-order valence-corrected chi connectivity index (χ2v) is 4.85. The molecule has 0 radical (unpaired) electrons. The van der Waals surface area contributed by atoms with Gasteiger partial charge in [-0.15, -0.1) is 11.3 Å². The molecular weight excluding hydrogens is 264 g/mol. The van der Waals surface area contributed by atoms with E-state index in [2.05, 4.69) is 10.3 Å². The van der Waals surface area contributed by atoms with Crippen LogP contribution in [0.4, 0.5) is 5.82 Å². The Hall–Kier alpha value is -2.21. The maximum Gasteiger partial charge on any atom is 0.310 e. The molecule has 0 saturated heterocycles. The largest absolute Gasteiger partial charge is 0.481 e. The number of rotatable bonds is 5. The third-order valence-electron chi connectivity index (χ3n) is 2.33. The van der Waals surface area contributed by atoms with Crippen molar-refractivity contribution in [2.75, 3.05) is 5.32 Å². The van der Waals surface area contributed by atoms with Crippen LogP contribution in [0.15, 0.2) is 35.7 Å². The summed E-state index contributed by atoms with van der Waals surface area (Å²) in [5.41, 5.74) is 0.918. The highest BCUT2D eigenvalue weighted by Gasteiger charge is 2.09. The first kappa shape index (κ1) is 13.2. The van der Waals surface area contributed by atoms with Crippen molar-refractivity contribution in [1.29, 1.82) is 0 Å². The molecule has 0 bridgehead atoms. The van der Waals surface area contributed by atoms with Crippen LogP contribution in [0.2, 0.25) is 0 Å². The number of carbonyl (C=O) groups excluding carboxylic acids is 1. The van der Waals surface area contributed by atoms with E-state index in [1.807, 2.05) is 30.3 Å². The molecule has 1 heterocycles. The van der Waals surface area contributed by atoms with Crippen LogP contribution in [0.1, 0.15) is 10.6 Å². The molecule has 0 aliphatic heterocycles. The number of aliphatic carboxylic acids is 1. The molecule has 1 aromatic heterocycles. The molecule has 2 rings (SSSR count). The predicted molar refractivity (Wildman–Crippen MR) is 72.2 cm³/mol. The summed E-state index contributed by atoms with van der Waals surface area (Å²) in [7, 11) is 0. The Labute approximate surface area is 113 Å². The Kier molecular flexibility index (Phi) is 4.25. The maximum absolute atomic E-state index is 11.8. The number of benzene rings is 1. The van der Waals surface area contributed by atoms with Crippen LogP contribution >= 0.6 is 11.3 Å². The number of hydrogen-bond acceptors (Lipinski definition) is 4. The lowest BCUT2D eigenvalue weighted by molar-refractivity contribution is -0.136. The highest BCUT2D eigenvalue weighted by Crippen LogP contribution is 2.15. The summed E-state index contributed by atoms with van der Waals surface area (Å²) in [6.45, 7) is 0. The van der Waals surface area contributed by atoms with Gasteiger partial charge in [0, 0.05) is 5.38 Å². The van der Waals surface area contributed by atoms with Gasteiger partial charge in [0.05, 0.1) is 12.8 Å². The van der Waals surface area contributed by atoms with Gasteiger partial charge in [0.25, 0.3) is 0 Å². The molecule has 0 spiro atoms. The first-order valence-electron chi connectivity index (χ1n) is 5.63. The van der Waals surface area contributed by atoms with E-state index in [4.69, 9.17) is 5.11 Å². The van der Waals surface area contributed by atoms with E-state index in [1.165, 1.54) is 11.3 Å². The minimum absolute atomic E-state index is 0.126. The topological polar surface area (TPSA) is 79.3 Å². The summed E-state index contributed by atoms with van der Waals surface area (Å²) in [6.07, 6.45) is 0.145. The zero-order valence-electron chi connectivity index (χ0n) is 10.00. The number of carboxylic acids is 1. The summed E-state index contributed by atoms with van der Waals surface area (Å²) in [5, 5.41) is 13.4. The zero-order valence-corrected chi connectivity index (χ0v) is 10.8. The van der Waals surface area contributed by atoms with Crippen LogP contribution in [0.5, 0.6) is 0 Å². The van der Waals surface area contributed by atoms with Gasteiger partial charge in [0.1, 0.15) is 10.8 Å². The fourth-order valence-electron chi connectivity index (χ4n) is 1.55. The van der Waals surface area contributed by atoms with Crippen molar-refractivity contribution in [1.82, 2.24) is 4.98 Å². The second-order valence-electron chi connectivity index (χ2n) is 3.91. The molecule has 1 amide bonds. The van der Waals surface area contributed by atoms with Gasteiger partial charge >= 0.3 is 5.97 Å². The smallest absolute Gasteiger partial charge is 0.310 e.